The van der Waals surface area contributed by atoms with E-state index in [1.807, 2.05) is 25.1 Å². The number of carbonyl (C=O) groups excluding carboxylic acids is 1. The average molecular weight is 287 g/mol. The molecule has 1 amide bonds. The molecule has 0 saturated heterocycles. The van der Waals surface area contributed by atoms with Crippen molar-refractivity contribution >= 4 is 6.03 Å². The summed E-state index contributed by atoms with van der Waals surface area (Å²) in [6, 6.07) is 10.5. The van der Waals surface area contributed by atoms with Crippen LogP contribution in [0, 0.1) is 6.92 Å². The maximum absolute atomic E-state index is 12.0. The first-order valence-corrected chi connectivity index (χ1v) is 7.13. The summed E-state index contributed by atoms with van der Waals surface area (Å²) in [5.41, 5.74) is 2.09. The molecule has 5 nitrogen and oxygen atoms in total. The Morgan fingerprint density at radius 1 is 1.29 bits per heavy atom. The molecule has 1 N–H and O–H groups in total. The van der Waals surface area contributed by atoms with Crippen molar-refractivity contribution in [1.82, 2.24) is 14.9 Å². The molecule has 0 aliphatic carbocycles. The number of carbonyl (C=O) groups is 1. The van der Waals surface area contributed by atoms with Crippen LogP contribution < -0.4 is 10.1 Å². The third-order valence-corrected chi connectivity index (χ3v) is 3.21. The standard InChI is InChI=1S/C16H21N3O2/c1-13-12-19(16(18-13)21-2)15(20)17-11-7-6-10-14-8-4-3-5-9-14/h3-5,8-9,12H,6-7,10-11H2,1-2H3,(H,17,20). The molecule has 0 saturated carbocycles. The van der Waals surface area contributed by atoms with Gasteiger partial charge in [-0.1, -0.05) is 30.3 Å². The van der Waals surface area contributed by atoms with E-state index in [1.54, 1.807) is 6.20 Å². The Hall–Kier alpha value is -2.30. The van der Waals surface area contributed by atoms with Gasteiger partial charge in [0.05, 0.1) is 12.8 Å². The number of imidazole rings is 1. The molecule has 112 valence electrons. The molecule has 1 aromatic heterocycles. The number of benzene rings is 1. The van der Waals surface area contributed by atoms with E-state index in [9.17, 15) is 4.79 Å². The quantitative estimate of drug-likeness (QED) is 0.831. The van der Waals surface area contributed by atoms with Gasteiger partial charge < -0.3 is 10.1 Å². The summed E-state index contributed by atoms with van der Waals surface area (Å²) in [7, 11) is 1.51. The number of hydrogen-bond acceptors (Lipinski definition) is 3. The Morgan fingerprint density at radius 2 is 2.05 bits per heavy atom. The molecule has 2 aromatic rings. The summed E-state index contributed by atoms with van der Waals surface area (Å²) in [5.74, 6) is 0. The zero-order valence-corrected chi connectivity index (χ0v) is 12.5. The molecule has 0 bridgehead atoms. The lowest BCUT2D eigenvalue weighted by Crippen LogP contribution is -2.29. The zero-order valence-electron chi connectivity index (χ0n) is 12.5. The molecule has 0 aliphatic rings. The molecule has 1 heterocycles. The number of methoxy groups -OCH3 is 1. The number of aromatic nitrogens is 2. The number of nitrogens with zero attached hydrogens (tertiary/aromatic N) is 2. The van der Waals surface area contributed by atoms with Crippen LogP contribution in [-0.4, -0.2) is 29.2 Å². The first-order valence-electron chi connectivity index (χ1n) is 7.13. The van der Waals surface area contributed by atoms with E-state index in [2.05, 4.69) is 22.4 Å². The third-order valence-electron chi connectivity index (χ3n) is 3.21. The molecule has 5 heteroatoms. The van der Waals surface area contributed by atoms with Gasteiger partial charge in [0.1, 0.15) is 0 Å². The van der Waals surface area contributed by atoms with Crippen molar-refractivity contribution in [3.05, 3.63) is 47.8 Å². The molecule has 0 radical (unpaired) electrons. The summed E-state index contributed by atoms with van der Waals surface area (Å²) >= 11 is 0. The average Bonchev–Trinajstić information content (AvgIpc) is 2.89. The Labute approximate surface area is 125 Å². The Bertz CT molecular complexity index is 578. The monoisotopic (exact) mass is 287 g/mol. The minimum Gasteiger partial charge on any atom is -0.468 e. The van der Waals surface area contributed by atoms with E-state index in [-0.39, 0.29) is 6.03 Å². The SMILES string of the molecule is COc1nc(C)cn1C(=O)NCCCCc1ccccc1. The van der Waals surface area contributed by atoms with E-state index in [1.165, 1.54) is 17.2 Å². The lowest BCUT2D eigenvalue weighted by Gasteiger charge is -2.07. The van der Waals surface area contributed by atoms with E-state index in [0.29, 0.717) is 12.6 Å². The van der Waals surface area contributed by atoms with Gasteiger partial charge in [-0.05, 0) is 31.7 Å². The van der Waals surface area contributed by atoms with Crippen LogP contribution in [0.15, 0.2) is 36.5 Å². The number of hydrogen-bond donors (Lipinski definition) is 1. The second kappa shape index (κ2) is 7.47. The molecule has 0 atom stereocenters. The van der Waals surface area contributed by atoms with Gasteiger partial charge in [-0.15, -0.1) is 0 Å². The molecule has 0 aliphatic heterocycles. The maximum Gasteiger partial charge on any atom is 0.329 e. The first-order chi connectivity index (χ1) is 10.2. The smallest absolute Gasteiger partial charge is 0.329 e. The Kier molecular flexibility index (Phi) is 5.37. The highest BCUT2D eigenvalue weighted by Crippen LogP contribution is 2.09. The first kappa shape index (κ1) is 15.1. The molecule has 21 heavy (non-hydrogen) atoms. The van der Waals surface area contributed by atoms with Crippen LogP contribution in [0.5, 0.6) is 6.01 Å². The van der Waals surface area contributed by atoms with Gasteiger partial charge >= 0.3 is 12.0 Å². The Morgan fingerprint density at radius 3 is 2.76 bits per heavy atom. The van der Waals surface area contributed by atoms with Crippen molar-refractivity contribution in [3.63, 3.8) is 0 Å². The van der Waals surface area contributed by atoms with E-state index in [4.69, 9.17) is 4.74 Å². The van der Waals surface area contributed by atoms with Crippen LogP contribution >= 0.6 is 0 Å². The van der Waals surface area contributed by atoms with E-state index >= 15 is 0 Å². The van der Waals surface area contributed by atoms with E-state index in [0.717, 1.165) is 25.0 Å². The van der Waals surface area contributed by atoms with Gasteiger partial charge in [-0.2, -0.15) is 0 Å². The van der Waals surface area contributed by atoms with Crippen molar-refractivity contribution in [2.24, 2.45) is 0 Å². The van der Waals surface area contributed by atoms with Crippen molar-refractivity contribution < 1.29 is 9.53 Å². The Balaban J connectivity index is 1.72. The molecular formula is C16H21N3O2. The van der Waals surface area contributed by atoms with Crippen LogP contribution in [-0.2, 0) is 6.42 Å². The minimum absolute atomic E-state index is 0.202. The fourth-order valence-corrected chi connectivity index (χ4v) is 2.14. The number of rotatable bonds is 6. The number of aryl methyl sites for hydroxylation is 2. The van der Waals surface area contributed by atoms with Crippen LogP contribution in [0.1, 0.15) is 24.1 Å². The van der Waals surface area contributed by atoms with Crippen LogP contribution in [0.25, 0.3) is 0 Å². The van der Waals surface area contributed by atoms with Crippen molar-refractivity contribution in [3.8, 4) is 6.01 Å². The van der Waals surface area contributed by atoms with Crippen LogP contribution in [0.3, 0.4) is 0 Å². The number of ether oxygens (including phenoxy) is 1. The van der Waals surface area contributed by atoms with Crippen molar-refractivity contribution in [2.75, 3.05) is 13.7 Å². The molecule has 2 rings (SSSR count). The minimum atomic E-state index is -0.202. The summed E-state index contributed by atoms with van der Waals surface area (Å²) in [4.78, 5) is 16.1. The third kappa shape index (κ3) is 4.34. The lowest BCUT2D eigenvalue weighted by atomic mass is 10.1. The number of nitrogens with one attached hydrogen (secondary N) is 1. The normalized spacial score (nSPS) is 10.4. The lowest BCUT2D eigenvalue weighted by molar-refractivity contribution is 0.238. The highest BCUT2D eigenvalue weighted by atomic mass is 16.5. The number of unbranched alkanes of at least 4 members (excludes halogenated alkanes) is 1. The molecule has 0 spiro atoms. The van der Waals surface area contributed by atoms with Crippen molar-refractivity contribution in [1.29, 1.82) is 0 Å². The van der Waals surface area contributed by atoms with E-state index < -0.39 is 0 Å². The van der Waals surface area contributed by atoms with Gasteiger partial charge in [-0.25, -0.2) is 14.3 Å². The maximum atomic E-state index is 12.0. The van der Waals surface area contributed by atoms with Crippen LogP contribution in [0.2, 0.25) is 0 Å². The summed E-state index contributed by atoms with van der Waals surface area (Å²) in [6.07, 6.45) is 4.68. The fourth-order valence-electron chi connectivity index (χ4n) is 2.14. The highest BCUT2D eigenvalue weighted by Gasteiger charge is 2.12. The van der Waals surface area contributed by atoms with Gasteiger partial charge in [0, 0.05) is 12.7 Å². The fraction of sp³-hybridized carbons (Fsp3) is 0.375. The molecule has 0 fully saturated rings. The topological polar surface area (TPSA) is 56.2 Å². The molecule has 1 aromatic carbocycles. The predicted molar refractivity (Wildman–Crippen MR) is 81.7 cm³/mol. The van der Waals surface area contributed by atoms with Crippen LogP contribution in [0.4, 0.5) is 4.79 Å². The predicted octanol–water partition coefficient (Wildman–Crippen LogP) is 2.78. The summed E-state index contributed by atoms with van der Waals surface area (Å²) in [5, 5.41) is 2.88. The van der Waals surface area contributed by atoms with Gasteiger partial charge in [-0.3, -0.25) is 0 Å². The van der Waals surface area contributed by atoms with Gasteiger partial charge in [0.25, 0.3) is 0 Å². The second-order valence-corrected chi connectivity index (χ2v) is 4.91. The van der Waals surface area contributed by atoms with Crippen molar-refractivity contribution in [2.45, 2.75) is 26.2 Å². The van der Waals surface area contributed by atoms with Gasteiger partial charge in [0.2, 0.25) is 0 Å². The molecule has 0 unspecified atom stereocenters. The highest BCUT2D eigenvalue weighted by molar-refractivity contribution is 5.78. The summed E-state index contributed by atoms with van der Waals surface area (Å²) in [6.45, 7) is 2.47. The largest absolute Gasteiger partial charge is 0.468 e. The second-order valence-electron chi connectivity index (χ2n) is 4.91. The van der Waals surface area contributed by atoms with Gasteiger partial charge in [0.15, 0.2) is 0 Å². The molecular weight excluding hydrogens is 266 g/mol. The summed E-state index contributed by atoms with van der Waals surface area (Å²) < 4.78 is 6.46. The number of amides is 1. The zero-order chi connectivity index (χ0) is 15.1.